The highest BCUT2D eigenvalue weighted by Crippen LogP contribution is 2.23. The van der Waals surface area contributed by atoms with Gasteiger partial charge in [-0.3, -0.25) is 0 Å². The van der Waals surface area contributed by atoms with Gasteiger partial charge in [0.05, 0.1) is 12.6 Å². The van der Waals surface area contributed by atoms with E-state index >= 15 is 0 Å². The summed E-state index contributed by atoms with van der Waals surface area (Å²) < 4.78 is 5.96. The summed E-state index contributed by atoms with van der Waals surface area (Å²) in [4.78, 5) is 4.36. The van der Waals surface area contributed by atoms with E-state index in [2.05, 4.69) is 56.2 Å². The van der Waals surface area contributed by atoms with E-state index in [-0.39, 0.29) is 30.1 Å². The zero-order chi connectivity index (χ0) is 15.0. The molecule has 0 aliphatic rings. The summed E-state index contributed by atoms with van der Waals surface area (Å²) in [6.07, 6.45) is 2.22. The molecule has 120 valence electrons. The van der Waals surface area contributed by atoms with Crippen molar-refractivity contribution in [3.8, 4) is 5.75 Å². The summed E-state index contributed by atoms with van der Waals surface area (Å²) in [6, 6.07) is 6.19. The minimum absolute atomic E-state index is 0. The zero-order valence-electron chi connectivity index (χ0n) is 13.5. The number of aryl methyl sites for hydroxylation is 1. The summed E-state index contributed by atoms with van der Waals surface area (Å²) >= 11 is 0. The van der Waals surface area contributed by atoms with E-state index in [1.165, 1.54) is 5.56 Å². The second-order valence-corrected chi connectivity index (χ2v) is 5.08. The Morgan fingerprint density at radius 1 is 1.38 bits per heavy atom. The van der Waals surface area contributed by atoms with Crippen LogP contribution in [0.15, 0.2) is 23.2 Å². The van der Waals surface area contributed by atoms with E-state index in [0.717, 1.165) is 30.7 Å². The Bertz CT molecular complexity index is 449. The molecule has 21 heavy (non-hydrogen) atoms. The summed E-state index contributed by atoms with van der Waals surface area (Å²) in [5.74, 6) is 1.40. The van der Waals surface area contributed by atoms with E-state index in [9.17, 15) is 0 Å². The molecule has 0 aliphatic heterocycles. The van der Waals surface area contributed by atoms with Gasteiger partial charge >= 0.3 is 0 Å². The van der Waals surface area contributed by atoms with E-state index in [0.29, 0.717) is 12.5 Å². The van der Waals surface area contributed by atoms with Gasteiger partial charge < -0.3 is 15.8 Å². The lowest BCUT2D eigenvalue weighted by Crippen LogP contribution is -2.32. The highest BCUT2D eigenvalue weighted by molar-refractivity contribution is 14.0. The molecular weight excluding hydrogens is 377 g/mol. The predicted octanol–water partition coefficient (Wildman–Crippen LogP) is 3.60. The van der Waals surface area contributed by atoms with Gasteiger partial charge in [0.15, 0.2) is 5.96 Å². The first-order valence-electron chi connectivity index (χ1n) is 7.36. The molecule has 1 aromatic carbocycles. The molecular formula is C16H28IN3O. The van der Waals surface area contributed by atoms with Crippen molar-refractivity contribution < 1.29 is 4.74 Å². The number of hydrogen-bond donors (Lipinski definition) is 2. The molecule has 0 spiro atoms. The van der Waals surface area contributed by atoms with Crippen LogP contribution < -0.4 is 15.8 Å². The number of nitrogens with zero attached hydrogens (tertiary/aromatic N) is 1. The zero-order valence-corrected chi connectivity index (χ0v) is 15.8. The molecule has 0 aliphatic carbocycles. The highest BCUT2D eigenvalue weighted by Gasteiger charge is 2.07. The number of rotatable bonds is 7. The largest absolute Gasteiger partial charge is 0.490 e. The molecule has 5 heteroatoms. The molecule has 0 radical (unpaired) electrons. The Kier molecular flexibility index (Phi) is 10.2. The number of ether oxygens (including phenoxy) is 1. The number of guanidine groups is 1. The standard InChI is InChI=1S/C16H27N3O.HI/c1-5-9-18-16(17)19-11-14-8-7-12(3)10-15(14)20-13(4)6-2;/h7-8,10,13H,5-6,9,11H2,1-4H3,(H3,17,18,19);1H. The molecule has 1 aromatic rings. The van der Waals surface area contributed by atoms with Crippen molar-refractivity contribution in [2.75, 3.05) is 6.54 Å². The molecule has 0 aromatic heterocycles. The van der Waals surface area contributed by atoms with Crippen LogP contribution in [-0.2, 0) is 6.54 Å². The number of hydrogen-bond acceptors (Lipinski definition) is 2. The topological polar surface area (TPSA) is 59.6 Å². The van der Waals surface area contributed by atoms with Crippen LogP contribution >= 0.6 is 24.0 Å². The Hall–Kier alpha value is -0.980. The lowest BCUT2D eigenvalue weighted by atomic mass is 10.1. The molecule has 1 unspecified atom stereocenters. The summed E-state index contributed by atoms with van der Waals surface area (Å²) in [7, 11) is 0. The number of benzene rings is 1. The quantitative estimate of drug-likeness (QED) is 0.414. The van der Waals surface area contributed by atoms with Crippen molar-refractivity contribution in [3.63, 3.8) is 0 Å². The van der Waals surface area contributed by atoms with E-state index in [4.69, 9.17) is 10.5 Å². The second kappa shape index (κ2) is 10.7. The van der Waals surface area contributed by atoms with Gasteiger partial charge in [-0.05, 0) is 38.3 Å². The van der Waals surface area contributed by atoms with Crippen LogP contribution in [0.2, 0.25) is 0 Å². The van der Waals surface area contributed by atoms with Crippen molar-refractivity contribution >= 4 is 29.9 Å². The molecule has 0 fully saturated rings. The predicted molar refractivity (Wildman–Crippen MR) is 101 cm³/mol. The van der Waals surface area contributed by atoms with Crippen molar-refractivity contribution in [2.45, 2.75) is 53.2 Å². The smallest absolute Gasteiger partial charge is 0.188 e. The molecule has 0 amide bonds. The summed E-state index contributed by atoms with van der Waals surface area (Å²) in [5, 5.41) is 3.07. The average molecular weight is 405 g/mol. The van der Waals surface area contributed by atoms with Gasteiger partial charge in [0.2, 0.25) is 0 Å². The molecule has 0 heterocycles. The van der Waals surface area contributed by atoms with Crippen molar-refractivity contribution in [1.29, 1.82) is 0 Å². The molecule has 1 atom stereocenters. The van der Waals surface area contributed by atoms with Crippen molar-refractivity contribution in [1.82, 2.24) is 5.32 Å². The van der Waals surface area contributed by atoms with Gasteiger partial charge in [-0.2, -0.15) is 0 Å². The fourth-order valence-electron chi connectivity index (χ4n) is 1.68. The first-order chi connectivity index (χ1) is 9.56. The molecule has 0 bridgehead atoms. The Morgan fingerprint density at radius 2 is 2.10 bits per heavy atom. The molecule has 1 rings (SSSR count). The van der Waals surface area contributed by atoms with E-state index in [1.54, 1.807) is 0 Å². The van der Waals surface area contributed by atoms with Crippen LogP contribution in [0.25, 0.3) is 0 Å². The second-order valence-electron chi connectivity index (χ2n) is 5.08. The number of halogens is 1. The van der Waals surface area contributed by atoms with Gasteiger partial charge in [0.25, 0.3) is 0 Å². The molecule has 0 saturated carbocycles. The van der Waals surface area contributed by atoms with Crippen LogP contribution in [-0.4, -0.2) is 18.6 Å². The Labute approximate surface area is 145 Å². The lowest BCUT2D eigenvalue weighted by molar-refractivity contribution is 0.215. The maximum Gasteiger partial charge on any atom is 0.188 e. The lowest BCUT2D eigenvalue weighted by Gasteiger charge is -2.16. The third-order valence-electron chi connectivity index (χ3n) is 3.10. The average Bonchev–Trinajstić information content (AvgIpc) is 2.44. The first kappa shape index (κ1) is 20.0. The fraction of sp³-hybridized carbons (Fsp3) is 0.562. The van der Waals surface area contributed by atoms with Crippen LogP contribution in [0.1, 0.15) is 44.7 Å². The maximum absolute atomic E-state index is 5.96. The minimum Gasteiger partial charge on any atom is -0.490 e. The summed E-state index contributed by atoms with van der Waals surface area (Å²) in [6.45, 7) is 9.73. The van der Waals surface area contributed by atoms with Crippen LogP contribution in [0.4, 0.5) is 0 Å². The van der Waals surface area contributed by atoms with Crippen LogP contribution in [0.5, 0.6) is 5.75 Å². The summed E-state index contributed by atoms with van der Waals surface area (Å²) in [5.41, 5.74) is 8.07. The van der Waals surface area contributed by atoms with Crippen LogP contribution in [0.3, 0.4) is 0 Å². The van der Waals surface area contributed by atoms with Gasteiger partial charge in [0, 0.05) is 12.1 Å². The molecule has 4 nitrogen and oxygen atoms in total. The third-order valence-corrected chi connectivity index (χ3v) is 3.10. The normalized spacial score (nSPS) is 12.5. The van der Waals surface area contributed by atoms with Gasteiger partial charge in [0.1, 0.15) is 5.75 Å². The molecule has 3 N–H and O–H groups in total. The Balaban J connectivity index is 0.00000400. The number of nitrogens with one attached hydrogen (secondary N) is 1. The highest BCUT2D eigenvalue weighted by atomic mass is 127. The van der Waals surface area contributed by atoms with Crippen molar-refractivity contribution in [3.05, 3.63) is 29.3 Å². The monoisotopic (exact) mass is 405 g/mol. The van der Waals surface area contributed by atoms with Crippen molar-refractivity contribution in [2.24, 2.45) is 10.7 Å². The van der Waals surface area contributed by atoms with Gasteiger partial charge in [-0.25, -0.2) is 4.99 Å². The first-order valence-corrected chi connectivity index (χ1v) is 7.36. The van der Waals surface area contributed by atoms with Gasteiger partial charge in [-0.15, -0.1) is 24.0 Å². The number of aliphatic imine (C=N–C) groups is 1. The van der Waals surface area contributed by atoms with E-state index in [1.807, 2.05) is 0 Å². The molecule has 0 saturated heterocycles. The third kappa shape index (κ3) is 7.55. The minimum atomic E-state index is 0. The van der Waals surface area contributed by atoms with Gasteiger partial charge in [-0.1, -0.05) is 26.0 Å². The SMILES string of the molecule is CCCNC(N)=NCc1ccc(C)cc1OC(C)CC.I. The van der Waals surface area contributed by atoms with Crippen LogP contribution in [0, 0.1) is 6.92 Å². The van der Waals surface area contributed by atoms with E-state index < -0.39 is 0 Å². The maximum atomic E-state index is 5.96. The fourth-order valence-corrected chi connectivity index (χ4v) is 1.68. The Morgan fingerprint density at radius 3 is 2.71 bits per heavy atom. The number of nitrogens with two attached hydrogens (primary N) is 1.